The summed E-state index contributed by atoms with van der Waals surface area (Å²) in [5.41, 5.74) is 3.42. The van der Waals surface area contributed by atoms with E-state index in [-0.39, 0.29) is 17.4 Å². The summed E-state index contributed by atoms with van der Waals surface area (Å²) >= 11 is 0. The molecule has 1 N–H and O–H groups in total. The molecule has 2 heterocycles. The number of carbonyl (C=O) groups is 2. The maximum atomic E-state index is 13.1. The van der Waals surface area contributed by atoms with Crippen molar-refractivity contribution in [3.63, 3.8) is 0 Å². The van der Waals surface area contributed by atoms with Gasteiger partial charge in [0, 0.05) is 32.2 Å². The molecule has 0 aromatic heterocycles. The van der Waals surface area contributed by atoms with Crippen LogP contribution in [0.3, 0.4) is 0 Å². The normalized spacial score (nSPS) is 22.0. The van der Waals surface area contributed by atoms with Gasteiger partial charge in [0.15, 0.2) is 0 Å². The van der Waals surface area contributed by atoms with Crippen molar-refractivity contribution in [3.05, 3.63) is 70.3 Å². The zero-order valence-corrected chi connectivity index (χ0v) is 18.1. The predicted molar refractivity (Wildman–Crippen MR) is 117 cm³/mol. The molecule has 162 valence electrons. The number of ketones is 1. The molecule has 0 saturated carbocycles. The first kappa shape index (κ1) is 21.1. The third-order valence-electron chi connectivity index (χ3n) is 5.94. The first-order chi connectivity index (χ1) is 14.9. The number of likely N-dealkylation sites (tertiary alicyclic amines) is 1. The molecule has 0 radical (unpaired) electrons. The third kappa shape index (κ3) is 3.83. The Kier molecular flexibility index (Phi) is 5.83. The van der Waals surface area contributed by atoms with Gasteiger partial charge < -0.3 is 19.5 Å². The number of fused-ring (bicyclic) bond motifs is 1. The quantitative estimate of drug-likeness (QED) is 0.333. The van der Waals surface area contributed by atoms with Crippen LogP contribution >= 0.6 is 0 Å². The number of aliphatic hydroxyl groups is 1. The number of hydrogen-bond acceptors (Lipinski definition) is 5. The van der Waals surface area contributed by atoms with Crippen molar-refractivity contribution in [2.45, 2.75) is 38.8 Å². The van der Waals surface area contributed by atoms with Crippen LogP contribution in [0, 0.1) is 6.92 Å². The lowest BCUT2D eigenvalue weighted by atomic mass is 9.92. The highest BCUT2D eigenvalue weighted by Gasteiger charge is 2.46. The number of aliphatic hydroxyl groups excluding tert-OH is 1. The maximum Gasteiger partial charge on any atom is 0.295 e. The molecule has 4 rings (SSSR count). The lowest BCUT2D eigenvalue weighted by molar-refractivity contribution is -0.140. The minimum Gasteiger partial charge on any atom is -0.507 e. The van der Waals surface area contributed by atoms with Crippen molar-refractivity contribution < 1.29 is 24.2 Å². The first-order valence-electron chi connectivity index (χ1n) is 10.5. The topological polar surface area (TPSA) is 76.1 Å². The van der Waals surface area contributed by atoms with Gasteiger partial charge in [0.05, 0.1) is 11.6 Å². The molecule has 2 aromatic rings. The fraction of sp³-hybridized carbons (Fsp3) is 0.360. The average Bonchev–Trinajstić information content (AvgIpc) is 3.24. The van der Waals surface area contributed by atoms with Gasteiger partial charge in [0.25, 0.3) is 11.7 Å². The molecule has 1 saturated heterocycles. The third-order valence-corrected chi connectivity index (χ3v) is 5.94. The van der Waals surface area contributed by atoms with Crippen LogP contribution in [0.5, 0.6) is 5.75 Å². The molecule has 1 fully saturated rings. The highest BCUT2D eigenvalue weighted by atomic mass is 16.5. The van der Waals surface area contributed by atoms with Crippen molar-refractivity contribution in [3.8, 4) is 5.75 Å². The second-order valence-corrected chi connectivity index (χ2v) is 8.15. The molecule has 0 aliphatic carbocycles. The summed E-state index contributed by atoms with van der Waals surface area (Å²) < 4.78 is 10.9. The summed E-state index contributed by atoms with van der Waals surface area (Å²) in [4.78, 5) is 27.6. The lowest BCUT2D eigenvalue weighted by Crippen LogP contribution is -2.31. The Hall–Kier alpha value is -3.12. The van der Waals surface area contributed by atoms with E-state index in [4.69, 9.17) is 9.47 Å². The van der Waals surface area contributed by atoms with E-state index >= 15 is 0 Å². The fourth-order valence-corrected chi connectivity index (χ4v) is 4.43. The van der Waals surface area contributed by atoms with Crippen LogP contribution in [0.2, 0.25) is 0 Å². The zero-order valence-electron chi connectivity index (χ0n) is 18.1. The number of carbonyl (C=O) groups excluding carboxylic acids is 2. The monoisotopic (exact) mass is 421 g/mol. The SMILES string of the molecule is COCCCN1C(=O)C(=O)/C(=C(/O)c2ccc3c(c2)CC(C)O3)C1c1ccccc1C. The molecular weight excluding hydrogens is 394 g/mol. The van der Waals surface area contributed by atoms with E-state index in [9.17, 15) is 14.7 Å². The average molecular weight is 421 g/mol. The van der Waals surface area contributed by atoms with Gasteiger partial charge in [-0.05, 0) is 55.2 Å². The van der Waals surface area contributed by atoms with Crippen molar-refractivity contribution in [1.29, 1.82) is 0 Å². The summed E-state index contributed by atoms with van der Waals surface area (Å²) in [6.07, 6.45) is 1.41. The first-order valence-corrected chi connectivity index (χ1v) is 10.5. The van der Waals surface area contributed by atoms with Gasteiger partial charge in [-0.25, -0.2) is 0 Å². The van der Waals surface area contributed by atoms with Gasteiger partial charge in [0.2, 0.25) is 0 Å². The van der Waals surface area contributed by atoms with Crippen molar-refractivity contribution in [2.24, 2.45) is 0 Å². The summed E-state index contributed by atoms with van der Waals surface area (Å²) in [6.45, 7) is 4.78. The van der Waals surface area contributed by atoms with Gasteiger partial charge in [-0.15, -0.1) is 0 Å². The van der Waals surface area contributed by atoms with Crippen molar-refractivity contribution >= 4 is 17.4 Å². The highest BCUT2D eigenvalue weighted by molar-refractivity contribution is 6.46. The van der Waals surface area contributed by atoms with Gasteiger partial charge in [-0.1, -0.05) is 24.3 Å². The number of amides is 1. The van der Waals surface area contributed by atoms with E-state index in [1.165, 1.54) is 0 Å². The van der Waals surface area contributed by atoms with Crippen LogP contribution in [0.25, 0.3) is 5.76 Å². The molecule has 2 aliphatic rings. The molecule has 2 aliphatic heterocycles. The number of methoxy groups -OCH3 is 1. The summed E-state index contributed by atoms with van der Waals surface area (Å²) in [5, 5.41) is 11.2. The van der Waals surface area contributed by atoms with E-state index in [1.54, 1.807) is 18.1 Å². The van der Waals surface area contributed by atoms with E-state index in [0.717, 1.165) is 28.9 Å². The molecule has 6 heteroatoms. The van der Waals surface area contributed by atoms with Crippen LogP contribution < -0.4 is 4.74 Å². The molecule has 0 spiro atoms. The molecule has 2 aromatic carbocycles. The van der Waals surface area contributed by atoms with Crippen LogP contribution in [0.4, 0.5) is 0 Å². The Balaban J connectivity index is 1.82. The Morgan fingerprint density at radius 1 is 1.23 bits per heavy atom. The number of Topliss-reactive ketones (excluding diaryl/α,β-unsaturated/α-hetero) is 1. The second-order valence-electron chi connectivity index (χ2n) is 8.15. The molecule has 6 nitrogen and oxygen atoms in total. The standard InChI is InChI=1S/C25H27NO5/c1-15-7-4-5-8-19(15)22-21(24(28)25(29)26(22)11-6-12-30-3)23(27)17-9-10-20-18(14-17)13-16(2)31-20/h4-5,7-10,14,16,22,27H,6,11-13H2,1-3H3/b23-21+. The molecule has 1 amide bonds. The maximum absolute atomic E-state index is 13.1. The second kappa shape index (κ2) is 8.55. The molecule has 31 heavy (non-hydrogen) atoms. The summed E-state index contributed by atoms with van der Waals surface area (Å²) in [5.74, 6) is -0.611. The molecular formula is C25H27NO5. The van der Waals surface area contributed by atoms with Gasteiger partial charge in [0.1, 0.15) is 17.6 Å². The van der Waals surface area contributed by atoms with E-state index < -0.39 is 17.7 Å². The fourth-order valence-electron chi connectivity index (χ4n) is 4.43. The molecule has 0 bridgehead atoms. The van der Waals surface area contributed by atoms with Gasteiger partial charge in [-0.3, -0.25) is 9.59 Å². The van der Waals surface area contributed by atoms with Gasteiger partial charge >= 0.3 is 0 Å². The van der Waals surface area contributed by atoms with Crippen molar-refractivity contribution in [1.82, 2.24) is 4.90 Å². The Bertz CT molecular complexity index is 1060. The Morgan fingerprint density at radius 2 is 2.00 bits per heavy atom. The Morgan fingerprint density at radius 3 is 2.74 bits per heavy atom. The predicted octanol–water partition coefficient (Wildman–Crippen LogP) is 3.78. The highest BCUT2D eigenvalue weighted by Crippen LogP contribution is 2.41. The smallest absolute Gasteiger partial charge is 0.295 e. The zero-order chi connectivity index (χ0) is 22.1. The van der Waals surface area contributed by atoms with Crippen LogP contribution in [0.15, 0.2) is 48.0 Å². The number of rotatable bonds is 6. The number of benzene rings is 2. The molecule has 2 atom stereocenters. The number of nitrogens with zero attached hydrogens (tertiary/aromatic N) is 1. The molecule has 2 unspecified atom stereocenters. The minimum absolute atomic E-state index is 0.0747. The lowest BCUT2D eigenvalue weighted by Gasteiger charge is -2.26. The van der Waals surface area contributed by atoms with E-state index in [2.05, 4.69) is 0 Å². The summed E-state index contributed by atoms with van der Waals surface area (Å²) in [7, 11) is 1.60. The Labute approximate surface area is 182 Å². The van der Waals surface area contributed by atoms with E-state index in [0.29, 0.717) is 25.1 Å². The minimum atomic E-state index is -0.659. The van der Waals surface area contributed by atoms with Crippen molar-refractivity contribution in [2.75, 3.05) is 20.3 Å². The number of hydrogen-bond donors (Lipinski definition) is 1. The van der Waals surface area contributed by atoms with Crippen LogP contribution in [0.1, 0.15) is 41.6 Å². The van der Waals surface area contributed by atoms with Crippen LogP contribution in [-0.2, 0) is 20.7 Å². The number of aryl methyl sites for hydroxylation is 1. The largest absolute Gasteiger partial charge is 0.507 e. The van der Waals surface area contributed by atoms with Crippen LogP contribution in [-0.4, -0.2) is 48.1 Å². The summed E-state index contributed by atoms with van der Waals surface area (Å²) in [6, 6.07) is 12.4. The van der Waals surface area contributed by atoms with E-state index in [1.807, 2.05) is 50.2 Å². The van der Waals surface area contributed by atoms with Gasteiger partial charge in [-0.2, -0.15) is 0 Å². The number of ether oxygens (including phenoxy) is 2.